The van der Waals surface area contributed by atoms with E-state index in [1.165, 1.54) is 0 Å². The number of hydrogen-bond donors (Lipinski definition) is 0. The van der Waals surface area contributed by atoms with Gasteiger partial charge < -0.3 is 0 Å². The highest BCUT2D eigenvalue weighted by molar-refractivity contribution is 6.36. The molecule has 0 heterocycles. The van der Waals surface area contributed by atoms with Crippen molar-refractivity contribution in [2.45, 2.75) is 12.8 Å². The van der Waals surface area contributed by atoms with Gasteiger partial charge in [0.05, 0.1) is 6.07 Å². The molecule has 0 saturated heterocycles. The summed E-state index contributed by atoms with van der Waals surface area (Å²) < 4.78 is 0. The summed E-state index contributed by atoms with van der Waals surface area (Å²) in [6.45, 7) is 1.77. The monoisotopic (exact) mass is 337 g/mol. The van der Waals surface area contributed by atoms with Crippen LogP contribution in [0.15, 0.2) is 36.4 Å². The maximum Gasteiger partial charge on any atom is 0.184 e. The van der Waals surface area contributed by atoms with Gasteiger partial charge in [0.25, 0.3) is 0 Å². The minimum absolute atomic E-state index is 0.300. The Hall–Kier alpha value is -1.53. The van der Waals surface area contributed by atoms with Crippen LogP contribution in [-0.4, -0.2) is 5.78 Å². The Morgan fingerprint density at radius 1 is 1.14 bits per heavy atom. The van der Waals surface area contributed by atoms with Gasteiger partial charge in [-0.2, -0.15) is 5.26 Å². The average molecular weight is 339 g/mol. The fourth-order valence-electron chi connectivity index (χ4n) is 2.10. The second-order valence-electron chi connectivity index (χ2n) is 4.52. The van der Waals surface area contributed by atoms with E-state index < -0.39 is 5.92 Å². The number of carbonyl (C=O) groups excluding carboxylic acids is 1. The fourth-order valence-corrected chi connectivity index (χ4v) is 2.94. The topological polar surface area (TPSA) is 40.9 Å². The van der Waals surface area contributed by atoms with E-state index in [0.717, 1.165) is 0 Å². The van der Waals surface area contributed by atoms with Crippen molar-refractivity contribution in [1.29, 1.82) is 5.26 Å². The summed E-state index contributed by atoms with van der Waals surface area (Å²) in [5.41, 5.74) is 1.47. The van der Waals surface area contributed by atoms with E-state index in [1.54, 1.807) is 43.3 Å². The van der Waals surface area contributed by atoms with Crippen molar-refractivity contribution >= 4 is 40.6 Å². The fraction of sp³-hybridized carbons (Fsp3) is 0.125. The molecule has 1 atom stereocenters. The van der Waals surface area contributed by atoms with Gasteiger partial charge >= 0.3 is 0 Å². The molecule has 2 nitrogen and oxygen atoms in total. The van der Waals surface area contributed by atoms with Gasteiger partial charge in [-0.05, 0) is 42.8 Å². The largest absolute Gasteiger partial charge is 0.292 e. The third-order valence-corrected chi connectivity index (χ3v) is 4.03. The van der Waals surface area contributed by atoms with Crippen LogP contribution in [0.3, 0.4) is 0 Å². The number of halogens is 3. The summed E-state index contributed by atoms with van der Waals surface area (Å²) in [5.74, 6) is -1.40. The van der Waals surface area contributed by atoms with Crippen LogP contribution in [0, 0.1) is 18.3 Å². The van der Waals surface area contributed by atoms with E-state index in [0.29, 0.717) is 31.8 Å². The second kappa shape index (κ2) is 6.49. The molecule has 0 amide bonds. The molecule has 0 aromatic heterocycles. The predicted octanol–water partition coefficient (Wildman–Crippen LogP) is 5.45. The van der Waals surface area contributed by atoms with Crippen molar-refractivity contribution in [1.82, 2.24) is 0 Å². The molecule has 2 aromatic rings. The molecule has 1 unspecified atom stereocenters. The zero-order valence-corrected chi connectivity index (χ0v) is 13.3. The van der Waals surface area contributed by atoms with Gasteiger partial charge in [-0.15, -0.1) is 0 Å². The summed E-state index contributed by atoms with van der Waals surface area (Å²) in [6, 6.07) is 11.8. The summed E-state index contributed by atoms with van der Waals surface area (Å²) in [7, 11) is 0. The molecule has 0 fully saturated rings. The van der Waals surface area contributed by atoms with Crippen LogP contribution in [0.25, 0.3) is 0 Å². The summed E-state index contributed by atoms with van der Waals surface area (Å²) >= 11 is 18.1. The third kappa shape index (κ3) is 3.22. The Kier molecular flexibility index (Phi) is 4.90. The summed E-state index contributed by atoms with van der Waals surface area (Å²) in [5, 5.41) is 10.5. The molecule has 0 aliphatic rings. The van der Waals surface area contributed by atoms with E-state index in [1.807, 2.05) is 6.07 Å². The van der Waals surface area contributed by atoms with E-state index >= 15 is 0 Å². The van der Waals surface area contributed by atoms with Crippen LogP contribution in [0.5, 0.6) is 0 Å². The third-order valence-electron chi connectivity index (χ3n) is 3.13. The molecule has 0 bridgehead atoms. The van der Waals surface area contributed by atoms with Crippen molar-refractivity contribution in [2.24, 2.45) is 0 Å². The number of benzene rings is 2. The van der Waals surface area contributed by atoms with Crippen molar-refractivity contribution in [3.63, 3.8) is 0 Å². The highest BCUT2D eigenvalue weighted by Crippen LogP contribution is 2.34. The lowest BCUT2D eigenvalue weighted by atomic mass is 9.90. The average Bonchev–Trinajstić information content (AvgIpc) is 2.42. The number of hydrogen-bond acceptors (Lipinski definition) is 2. The Morgan fingerprint density at radius 2 is 1.76 bits per heavy atom. The maximum absolute atomic E-state index is 12.6. The van der Waals surface area contributed by atoms with Crippen molar-refractivity contribution in [2.75, 3.05) is 0 Å². The molecule has 0 saturated carbocycles. The zero-order chi connectivity index (χ0) is 15.6. The van der Waals surface area contributed by atoms with Gasteiger partial charge in [-0.25, -0.2) is 0 Å². The molecule has 0 aliphatic carbocycles. The summed E-state index contributed by atoms with van der Waals surface area (Å²) in [6.07, 6.45) is 0. The first-order valence-corrected chi connectivity index (χ1v) is 7.23. The van der Waals surface area contributed by atoms with E-state index in [2.05, 4.69) is 0 Å². The standard InChI is InChI=1S/C16H10Cl3NO/c1-9-7-10(17)5-6-11(9)16(21)12(8-20)15-13(18)3-2-4-14(15)19/h2-7,12H,1H3. The number of ketones is 1. The molecular weight excluding hydrogens is 329 g/mol. The van der Waals surface area contributed by atoms with Gasteiger partial charge in [-0.3, -0.25) is 4.79 Å². The van der Waals surface area contributed by atoms with Gasteiger partial charge in [0.1, 0.15) is 5.92 Å². The molecule has 21 heavy (non-hydrogen) atoms. The minimum Gasteiger partial charge on any atom is -0.292 e. The van der Waals surface area contributed by atoms with Gasteiger partial charge in [-0.1, -0.05) is 40.9 Å². The molecule has 0 spiro atoms. The van der Waals surface area contributed by atoms with E-state index in [4.69, 9.17) is 34.8 Å². The van der Waals surface area contributed by atoms with E-state index in [-0.39, 0.29) is 5.78 Å². The van der Waals surface area contributed by atoms with Gasteiger partial charge in [0, 0.05) is 26.2 Å². The van der Waals surface area contributed by atoms with Crippen LogP contribution in [-0.2, 0) is 0 Å². The second-order valence-corrected chi connectivity index (χ2v) is 5.77. The molecule has 0 N–H and O–H groups in total. The molecule has 2 aromatic carbocycles. The molecule has 2 rings (SSSR count). The van der Waals surface area contributed by atoms with Crippen molar-refractivity contribution in [3.8, 4) is 6.07 Å². The first-order chi connectivity index (χ1) is 9.95. The smallest absolute Gasteiger partial charge is 0.184 e. The Balaban J connectivity index is 2.52. The molecule has 0 aliphatic heterocycles. The van der Waals surface area contributed by atoms with Gasteiger partial charge in [0.15, 0.2) is 5.78 Å². The van der Waals surface area contributed by atoms with Crippen LogP contribution >= 0.6 is 34.8 Å². The highest BCUT2D eigenvalue weighted by Gasteiger charge is 2.27. The predicted molar refractivity (Wildman–Crippen MR) is 85.3 cm³/mol. The first-order valence-electron chi connectivity index (χ1n) is 6.09. The number of carbonyl (C=O) groups is 1. The molecule has 106 valence electrons. The maximum atomic E-state index is 12.6. The quantitative estimate of drug-likeness (QED) is 0.699. The molecular formula is C16H10Cl3NO. The number of nitrogens with zero attached hydrogens (tertiary/aromatic N) is 1. The number of nitriles is 1. The Bertz CT molecular complexity index is 729. The lowest BCUT2D eigenvalue weighted by Crippen LogP contribution is -2.13. The SMILES string of the molecule is Cc1cc(Cl)ccc1C(=O)C(C#N)c1c(Cl)cccc1Cl. The Morgan fingerprint density at radius 3 is 2.29 bits per heavy atom. The van der Waals surface area contributed by atoms with Crippen LogP contribution < -0.4 is 0 Å². The van der Waals surface area contributed by atoms with Gasteiger partial charge in [0.2, 0.25) is 0 Å². The highest BCUT2D eigenvalue weighted by atomic mass is 35.5. The zero-order valence-electron chi connectivity index (χ0n) is 11.0. The molecule has 5 heteroatoms. The lowest BCUT2D eigenvalue weighted by Gasteiger charge is -2.14. The lowest BCUT2D eigenvalue weighted by molar-refractivity contribution is 0.0978. The first kappa shape index (κ1) is 15.9. The van der Waals surface area contributed by atoms with Crippen molar-refractivity contribution in [3.05, 3.63) is 68.2 Å². The van der Waals surface area contributed by atoms with E-state index in [9.17, 15) is 10.1 Å². The normalized spacial score (nSPS) is 11.8. The number of rotatable bonds is 3. The number of aryl methyl sites for hydroxylation is 1. The van der Waals surface area contributed by atoms with Crippen LogP contribution in [0.2, 0.25) is 15.1 Å². The minimum atomic E-state index is -1.05. The molecule has 0 radical (unpaired) electrons. The van der Waals surface area contributed by atoms with Crippen molar-refractivity contribution < 1.29 is 4.79 Å². The summed E-state index contributed by atoms with van der Waals surface area (Å²) in [4.78, 5) is 12.6. The van der Waals surface area contributed by atoms with Crippen LogP contribution in [0.1, 0.15) is 27.4 Å². The number of Topliss-reactive ketones (excluding diaryl/α,β-unsaturated/α-hetero) is 1. The Labute approximate surface area is 137 Å². The van der Waals surface area contributed by atoms with Crippen LogP contribution in [0.4, 0.5) is 0 Å².